The Bertz CT molecular complexity index is 215. The van der Waals surface area contributed by atoms with Crippen LogP contribution in [0.15, 0.2) is 5.16 Å². The Morgan fingerprint density at radius 1 is 1.38 bits per heavy atom. The van der Waals surface area contributed by atoms with Crippen molar-refractivity contribution < 1.29 is 5.21 Å². The summed E-state index contributed by atoms with van der Waals surface area (Å²) >= 11 is 0. The van der Waals surface area contributed by atoms with E-state index in [2.05, 4.69) is 17.1 Å². The molecule has 1 saturated carbocycles. The van der Waals surface area contributed by atoms with Crippen molar-refractivity contribution >= 4 is 5.71 Å². The van der Waals surface area contributed by atoms with Crippen molar-refractivity contribution in [3.63, 3.8) is 0 Å². The fourth-order valence-electron chi connectivity index (χ4n) is 2.79. The van der Waals surface area contributed by atoms with E-state index in [9.17, 15) is 0 Å². The third-order valence-corrected chi connectivity index (χ3v) is 3.57. The highest BCUT2D eigenvalue weighted by Crippen LogP contribution is 2.32. The highest BCUT2D eigenvalue weighted by Gasteiger charge is 2.35. The molecule has 0 aromatic rings. The zero-order valence-corrected chi connectivity index (χ0v) is 8.24. The molecule has 0 aromatic heterocycles. The van der Waals surface area contributed by atoms with Gasteiger partial charge >= 0.3 is 0 Å². The number of nitrogens with zero attached hydrogens (tertiary/aromatic N) is 2. The van der Waals surface area contributed by atoms with Gasteiger partial charge in [0, 0.05) is 24.9 Å². The molecule has 0 unspecified atom stereocenters. The smallest absolute Gasteiger partial charge is 0.0629 e. The average Bonchev–Trinajstić information content (AvgIpc) is 2.19. The van der Waals surface area contributed by atoms with Gasteiger partial charge in [-0.3, -0.25) is 0 Å². The van der Waals surface area contributed by atoms with Crippen LogP contribution in [-0.4, -0.2) is 35.5 Å². The van der Waals surface area contributed by atoms with Crippen LogP contribution in [-0.2, 0) is 0 Å². The van der Waals surface area contributed by atoms with Gasteiger partial charge < -0.3 is 10.1 Å². The highest BCUT2D eigenvalue weighted by molar-refractivity contribution is 5.87. The van der Waals surface area contributed by atoms with Crippen LogP contribution in [0.1, 0.15) is 32.1 Å². The molecule has 0 radical (unpaired) electrons. The fraction of sp³-hybridized carbons (Fsp3) is 0.900. The first-order valence-electron chi connectivity index (χ1n) is 5.24. The Hall–Kier alpha value is -0.570. The normalized spacial score (nSPS) is 39.0. The lowest BCUT2D eigenvalue weighted by molar-refractivity contribution is 0.143. The van der Waals surface area contributed by atoms with Crippen LogP contribution in [0.4, 0.5) is 0 Å². The summed E-state index contributed by atoms with van der Waals surface area (Å²) in [6.07, 6.45) is 6.08. The predicted octanol–water partition coefficient (Wildman–Crippen LogP) is 1.71. The lowest BCUT2D eigenvalue weighted by Crippen LogP contribution is -2.48. The molecule has 1 saturated heterocycles. The van der Waals surface area contributed by atoms with Crippen molar-refractivity contribution in [2.24, 2.45) is 11.1 Å². The molecule has 1 N–H and O–H groups in total. The monoisotopic (exact) mass is 182 g/mol. The second-order valence-corrected chi connectivity index (χ2v) is 4.28. The van der Waals surface area contributed by atoms with Crippen LogP contribution in [0.5, 0.6) is 0 Å². The zero-order chi connectivity index (χ0) is 9.26. The molecule has 1 aliphatic carbocycles. The molecule has 2 rings (SSSR count). The van der Waals surface area contributed by atoms with Crippen LogP contribution in [0, 0.1) is 5.92 Å². The lowest BCUT2D eigenvalue weighted by Gasteiger charge is -2.42. The first-order valence-corrected chi connectivity index (χ1v) is 5.24. The van der Waals surface area contributed by atoms with E-state index in [0.29, 0.717) is 12.0 Å². The molecule has 1 aliphatic heterocycles. The van der Waals surface area contributed by atoms with Gasteiger partial charge in [-0.2, -0.15) is 0 Å². The maximum Gasteiger partial charge on any atom is 0.0629 e. The molecule has 0 amide bonds. The second-order valence-electron chi connectivity index (χ2n) is 4.28. The summed E-state index contributed by atoms with van der Waals surface area (Å²) in [5.41, 5.74) is 1.04. The minimum Gasteiger partial charge on any atom is -0.411 e. The van der Waals surface area contributed by atoms with Crippen LogP contribution < -0.4 is 0 Å². The van der Waals surface area contributed by atoms with E-state index >= 15 is 0 Å². The van der Waals surface area contributed by atoms with Crippen LogP contribution in [0.2, 0.25) is 0 Å². The van der Waals surface area contributed by atoms with Gasteiger partial charge in [0.1, 0.15) is 0 Å². The number of fused-ring (bicyclic) bond motifs is 1. The summed E-state index contributed by atoms with van der Waals surface area (Å²) in [5.74, 6) is 0.539. The van der Waals surface area contributed by atoms with Gasteiger partial charge in [0.2, 0.25) is 0 Å². The SMILES string of the molecule is CN1CC/C(=N/O)[C@@H]2CCCC[C@H]21. The molecule has 3 nitrogen and oxygen atoms in total. The summed E-state index contributed by atoms with van der Waals surface area (Å²) < 4.78 is 0. The Morgan fingerprint density at radius 3 is 2.92 bits per heavy atom. The zero-order valence-electron chi connectivity index (χ0n) is 8.24. The summed E-state index contributed by atoms with van der Waals surface area (Å²) in [6, 6.07) is 0.647. The number of hydrogen-bond acceptors (Lipinski definition) is 3. The van der Waals surface area contributed by atoms with Crippen molar-refractivity contribution in [1.29, 1.82) is 0 Å². The van der Waals surface area contributed by atoms with Crippen LogP contribution in [0.25, 0.3) is 0 Å². The number of hydrogen-bond donors (Lipinski definition) is 1. The van der Waals surface area contributed by atoms with Crippen molar-refractivity contribution in [3.05, 3.63) is 0 Å². The quantitative estimate of drug-likeness (QED) is 0.457. The maximum atomic E-state index is 8.89. The van der Waals surface area contributed by atoms with E-state index in [0.717, 1.165) is 18.7 Å². The molecule has 13 heavy (non-hydrogen) atoms. The number of oxime groups is 1. The average molecular weight is 182 g/mol. The van der Waals surface area contributed by atoms with Gasteiger partial charge in [-0.1, -0.05) is 18.0 Å². The highest BCUT2D eigenvalue weighted by atomic mass is 16.4. The van der Waals surface area contributed by atoms with E-state index in [4.69, 9.17) is 5.21 Å². The van der Waals surface area contributed by atoms with Gasteiger partial charge in [-0.15, -0.1) is 0 Å². The van der Waals surface area contributed by atoms with E-state index in [-0.39, 0.29) is 0 Å². The third kappa shape index (κ3) is 1.57. The minimum absolute atomic E-state index is 0.539. The first kappa shape index (κ1) is 9.00. The summed E-state index contributed by atoms with van der Waals surface area (Å²) in [5, 5.41) is 12.3. The lowest BCUT2D eigenvalue weighted by atomic mass is 9.77. The van der Waals surface area contributed by atoms with Crippen molar-refractivity contribution in [3.8, 4) is 0 Å². The Labute approximate surface area is 79.4 Å². The van der Waals surface area contributed by atoms with Crippen molar-refractivity contribution in [2.75, 3.05) is 13.6 Å². The Balaban J connectivity index is 2.14. The van der Waals surface area contributed by atoms with Crippen molar-refractivity contribution in [1.82, 2.24) is 4.90 Å². The second kappa shape index (κ2) is 3.66. The van der Waals surface area contributed by atoms with E-state index in [1.165, 1.54) is 25.7 Å². The summed E-state index contributed by atoms with van der Waals surface area (Å²) in [6.45, 7) is 1.06. The molecular weight excluding hydrogens is 164 g/mol. The molecule has 0 bridgehead atoms. The van der Waals surface area contributed by atoms with Gasteiger partial charge in [0.25, 0.3) is 0 Å². The van der Waals surface area contributed by atoms with Gasteiger partial charge in [0.05, 0.1) is 5.71 Å². The number of likely N-dealkylation sites (tertiary alicyclic amines) is 1. The largest absolute Gasteiger partial charge is 0.411 e. The van der Waals surface area contributed by atoms with Crippen LogP contribution in [0.3, 0.4) is 0 Å². The summed E-state index contributed by atoms with van der Waals surface area (Å²) in [7, 11) is 2.19. The fourth-order valence-corrected chi connectivity index (χ4v) is 2.79. The van der Waals surface area contributed by atoms with E-state index in [1.54, 1.807) is 0 Å². The molecule has 2 fully saturated rings. The van der Waals surface area contributed by atoms with Gasteiger partial charge in [-0.25, -0.2) is 0 Å². The van der Waals surface area contributed by atoms with Crippen molar-refractivity contribution in [2.45, 2.75) is 38.1 Å². The van der Waals surface area contributed by atoms with Gasteiger partial charge in [0.15, 0.2) is 0 Å². The first-order chi connectivity index (χ1) is 6.33. The molecular formula is C10H18N2O. The number of rotatable bonds is 0. The topological polar surface area (TPSA) is 35.8 Å². The number of piperidine rings is 1. The molecule has 2 atom stereocenters. The molecule has 0 spiro atoms. The third-order valence-electron chi connectivity index (χ3n) is 3.57. The minimum atomic E-state index is 0.539. The standard InChI is InChI=1S/C10H18N2O/c1-12-7-6-9(11-13)8-4-2-3-5-10(8)12/h8,10,13H,2-7H2,1H3/b11-9-/t8-,10+/m0/s1. The molecule has 1 heterocycles. The molecule has 2 aliphatic rings. The predicted molar refractivity (Wildman–Crippen MR) is 52.2 cm³/mol. The maximum absolute atomic E-state index is 8.89. The Morgan fingerprint density at radius 2 is 2.15 bits per heavy atom. The van der Waals surface area contributed by atoms with Gasteiger partial charge in [-0.05, 0) is 19.9 Å². The molecule has 0 aromatic carbocycles. The summed E-state index contributed by atoms with van der Waals surface area (Å²) in [4.78, 5) is 2.43. The molecule has 3 heteroatoms. The van der Waals surface area contributed by atoms with Crippen LogP contribution >= 0.6 is 0 Å². The van der Waals surface area contributed by atoms with E-state index in [1.807, 2.05) is 0 Å². The Kier molecular flexibility index (Phi) is 2.54. The van der Waals surface area contributed by atoms with E-state index < -0.39 is 0 Å². The molecule has 74 valence electrons.